The predicted molar refractivity (Wildman–Crippen MR) is 143 cm³/mol. The molecule has 36 heavy (non-hydrogen) atoms. The molecule has 0 bridgehead atoms. The average molecular weight is 508 g/mol. The van der Waals surface area contributed by atoms with Crippen LogP contribution in [-0.2, 0) is 33.2 Å². The maximum Gasteiger partial charge on any atom is 0.408 e. The van der Waals surface area contributed by atoms with E-state index < -0.39 is 18.1 Å². The van der Waals surface area contributed by atoms with Gasteiger partial charge in [0.1, 0.15) is 25.0 Å². The third-order valence-corrected chi connectivity index (χ3v) is 6.97. The van der Waals surface area contributed by atoms with Crippen LogP contribution in [0.2, 0.25) is 0 Å². The fraction of sp³-hybridized carbons (Fsp3) is 0.310. The SMILES string of the molecule is CCC[C@H](SCc1ccc(OC)cc1)[C@H](NC(=O)OCc1ccccc1)C(=O)OCc1ccccc1. The van der Waals surface area contributed by atoms with Crippen molar-refractivity contribution < 1.29 is 23.8 Å². The molecule has 0 saturated heterocycles. The van der Waals surface area contributed by atoms with Crippen molar-refractivity contribution in [2.24, 2.45) is 0 Å². The van der Waals surface area contributed by atoms with Crippen LogP contribution in [0.3, 0.4) is 0 Å². The van der Waals surface area contributed by atoms with Crippen molar-refractivity contribution >= 4 is 23.8 Å². The number of hydrogen-bond donors (Lipinski definition) is 1. The van der Waals surface area contributed by atoms with Crippen LogP contribution in [0.4, 0.5) is 4.79 Å². The summed E-state index contributed by atoms with van der Waals surface area (Å²) >= 11 is 1.62. The molecular formula is C29H33NO5S. The summed E-state index contributed by atoms with van der Waals surface area (Å²) in [5.74, 6) is 0.993. The summed E-state index contributed by atoms with van der Waals surface area (Å²) in [6, 6.07) is 25.9. The molecule has 3 aromatic carbocycles. The first-order valence-corrected chi connectivity index (χ1v) is 13.1. The van der Waals surface area contributed by atoms with E-state index in [1.165, 1.54) is 0 Å². The molecule has 0 aliphatic rings. The highest BCUT2D eigenvalue weighted by Crippen LogP contribution is 2.26. The van der Waals surface area contributed by atoms with Gasteiger partial charge in [0.2, 0.25) is 0 Å². The number of carbonyl (C=O) groups is 2. The molecule has 2 atom stereocenters. The fourth-order valence-electron chi connectivity index (χ4n) is 3.57. The second-order valence-corrected chi connectivity index (χ2v) is 9.49. The summed E-state index contributed by atoms with van der Waals surface area (Å²) in [5, 5.41) is 2.60. The highest BCUT2D eigenvalue weighted by Gasteiger charge is 2.32. The van der Waals surface area contributed by atoms with Gasteiger partial charge in [-0.1, -0.05) is 86.1 Å². The van der Waals surface area contributed by atoms with Gasteiger partial charge in [-0.3, -0.25) is 0 Å². The summed E-state index contributed by atoms with van der Waals surface area (Å²) in [6.07, 6.45) is 0.931. The number of rotatable bonds is 13. The van der Waals surface area contributed by atoms with E-state index in [-0.39, 0.29) is 18.5 Å². The van der Waals surface area contributed by atoms with Crippen molar-refractivity contribution in [1.82, 2.24) is 5.32 Å². The van der Waals surface area contributed by atoms with Gasteiger partial charge in [0.05, 0.1) is 7.11 Å². The smallest absolute Gasteiger partial charge is 0.408 e. The lowest BCUT2D eigenvalue weighted by Crippen LogP contribution is -2.48. The first-order valence-electron chi connectivity index (χ1n) is 12.0. The number of benzene rings is 3. The van der Waals surface area contributed by atoms with Crippen molar-refractivity contribution in [3.63, 3.8) is 0 Å². The van der Waals surface area contributed by atoms with Crippen molar-refractivity contribution in [2.45, 2.75) is 50.0 Å². The molecule has 1 N–H and O–H groups in total. The van der Waals surface area contributed by atoms with Crippen LogP contribution in [0.25, 0.3) is 0 Å². The number of esters is 1. The first-order chi connectivity index (χ1) is 17.6. The Kier molecular flexibility index (Phi) is 11.2. The van der Waals surface area contributed by atoms with Crippen LogP contribution in [-0.4, -0.2) is 30.5 Å². The third-order valence-electron chi connectivity index (χ3n) is 5.53. The maximum atomic E-state index is 13.2. The standard InChI is InChI=1S/C29H33NO5S/c1-3-10-26(36-21-24-15-17-25(33-2)18-16-24)27(28(31)34-19-22-11-6-4-7-12-22)30-29(32)35-20-23-13-8-5-9-14-23/h4-9,11-18,26-27H,3,10,19-21H2,1-2H3,(H,30,32)/t26-,27-/m0/s1. The third kappa shape index (κ3) is 8.96. The Bertz CT molecular complexity index is 1060. The molecule has 3 rings (SSSR count). The maximum absolute atomic E-state index is 13.2. The Morgan fingerprint density at radius 2 is 1.39 bits per heavy atom. The van der Waals surface area contributed by atoms with Crippen molar-refractivity contribution in [2.75, 3.05) is 7.11 Å². The topological polar surface area (TPSA) is 73.9 Å². The molecule has 0 fully saturated rings. The summed E-state index contributed by atoms with van der Waals surface area (Å²) < 4.78 is 16.3. The quantitative estimate of drug-likeness (QED) is 0.280. The molecule has 3 aromatic rings. The van der Waals surface area contributed by atoms with E-state index in [0.717, 1.165) is 35.3 Å². The van der Waals surface area contributed by atoms with Gasteiger partial charge in [-0.25, -0.2) is 9.59 Å². The zero-order chi connectivity index (χ0) is 25.6. The summed E-state index contributed by atoms with van der Waals surface area (Å²) in [6.45, 7) is 2.32. The van der Waals surface area contributed by atoms with E-state index in [4.69, 9.17) is 14.2 Å². The van der Waals surface area contributed by atoms with Gasteiger partial charge in [0, 0.05) is 11.0 Å². The van der Waals surface area contributed by atoms with Crippen LogP contribution in [0.1, 0.15) is 36.5 Å². The van der Waals surface area contributed by atoms with Gasteiger partial charge in [0.25, 0.3) is 0 Å². The molecule has 0 radical (unpaired) electrons. The molecule has 190 valence electrons. The van der Waals surface area contributed by atoms with Crippen LogP contribution in [0.15, 0.2) is 84.9 Å². The van der Waals surface area contributed by atoms with E-state index in [1.807, 2.05) is 84.9 Å². The lowest BCUT2D eigenvalue weighted by atomic mass is 10.1. The number of carbonyl (C=O) groups excluding carboxylic acids is 2. The largest absolute Gasteiger partial charge is 0.497 e. The van der Waals surface area contributed by atoms with Crippen molar-refractivity contribution in [3.8, 4) is 5.75 Å². The van der Waals surface area contributed by atoms with E-state index in [9.17, 15) is 9.59 Å². The van der Waals surface area contributed by atoms with Gasteiger partial charge >= 0.3 is 12.1 Å². The number of thioether (sulfide) groups is 1. The lowest BCUT2D eigenvalue weighted by molar-refractivity contribution is -0.147. The monoisotopic (exact) mass is 507 g/mol. The van der Waals surface area contributed by atoms with Gasteiger partial charge in [-0.2, -0.15) is 11.8 Å². The van der Waals surface area contributed by atoms with Gasteiger partial charge in [0.15, 0.2) is 0 Å². The van der Waals surface area contributed by atoms with Crippen LogP contribution in [0, 0.1) is 0 Å². The number of hydrogen-bond acceptors (Lipinski definition) is 6. The minimum absolute atomic E-state index is 0.121. The van der Waals surface area contributed by atoms with Gasteiger partial charge in [-0.15, -0.1) is 0 Å². The molecule has 0 heterocycles. The molecule has 0 aliphatic heterocycles. The normalized spacial score (nSPS) is 12.3. The Morgan fingerprint density at radius 1 is 0.806 bits per heavy atom. The molecular weight excluding hydrogens is 474 g/mol. The Balaban J connectivity index is 1.69. The number of ether oxygens (including phenoxy) is 3. The predicted octanol–water partition coefficient (Wildman–Crippen LogP) is 6.14. The van der Waals surface area contributed by atoms with Gasteiger partial charge < -0.3 is 19.5 Å². The van der Waals surface area contributed by atoms with E-state index in [1.54, 1.807) is 18.9 Å². The number of amides is 1. The molecule has 0 spiro atoms. The molecule has 6 nitrogen and oxygen atoms in total. The zero-order valence-electron chi connectivity index (χ0n) is 20.7. The molecule has 7 heteroatoms. The molecule has 1 amide bonds. The number of alkyl carbamates (subject to hydrolysis) is 1. The van der Waals surface area contributed by atoms with Crippen LogP contribution >= 0.6 is 11.8 Å². The Labute approximate surface area is 217 Å². The molecule has 0 aliphatic carbocycles. The average Bonchev–Trinajstić information content (AvgIpc) is 2.93. The van der Waals surface area contributed by atoms with Crippen LogP contribution in [0.5, 0.6) is 5.75 Å². The second-order valence-electron chi connectivity index (χ2n) is 8.26. The van der Waals surface area contributed by atoms with Crippen molar-refractivity contribution in [1.29, 1.82) is 0 Å². The summed E-state index contributed by atoms with van der Waals surface area (Å²) in [7, 11) is 1.63. The van der Waals surface area contributed by atoms with E-state index in [0.29, 0.717) is 5.75 Å². The molecule has 0 unspecified atom stereocenters. The second kappa shape index (κ2) is 14.8. The minimum Gasteiger partial charge on any atom is -0.497 e. The van der Waals surface area contributed by atoms with Gasteiger partial charge in [-0.05, 0) is 35.2 Å². The Hall–Kier alpha value is -3.45. The van der Waals surface area contributed by atoms with E-state index >= 15 is 0 Å². The minimum atomic E-state index is -0.847. The fourth-order valence-corrected chi connectivity index (χ4v) is 4.94. The lowest BCUT2D eigenvalue weighted by Gasteiger charge is -2.26. The van der Waals surface area contributed by atoms with Crippen molar-refractivity contribution in [3.05, 3.63) is 102 Å². The zero-order valence-corrected chi connectivity index (χ0v) is 21.5. The van der Waals surface area contributed by atoms with E-state index in [2.05, 4.69) is 12.2 Å². The summed E-state index contributed by atoms with van der Waals surface area (Å²) in [5.41, 5.74) is 2.86. The highest BCUT2D eigenvalue weighted by molar-refractivity contribution is 7.99. The number of methoxy groups -OCH3 is 1. The van der Waals surface area contributed by atoms with Crippen LogP contribution < -0.4 is 10.1 Å². The Morgan fingerprint density at radius 3 is 1.94 bits per heavy atom. The first kappa shape index (κ1) is 27.1. The number of nitrogens with one attached hydrogen (secondary N) is 1. The highest BCUT2D eigenvalue weighted by atomic mass is 32.2. The molecule has 0 saturated carbocycles. The summed E-state index contributed by atoms with van der Waals surface area (Å²) in [4.78, 5) is 25.9. The molecule has 0 aromatic heterocycles.